The highest BCUT2D eigenvalue weighted by Gasteiger charge is 2.12. The summed E-state index contributed by atoms with van der Waals surface area (Å²) in [6, 6.07) is 6.50. The molecule has 0 aliphatic carbocycles. The van der Waals surface area contributed by atoms with E-state index in [1.807, 2.05) is 6.92 Å². The Morgan fingerprint density at radius 2 is 1.78 bits per heavy atom. The lowest BCUT2D eigenvalue weighted by molar-refractivity contribution is -0.111. The van der Waals surface area contributed by atoms with Crippen LogP contribution >= 0.6 is 11.6 Å². The summed E-state index contributed by atoms with van der Waals surface area (Å²) in [5.41, 5.74) is 2.75. The number of nitrogens with one attached hydrogen (secondary N) is 3. The molecular formula is C19H24ClN5O2. The van der Waals surface area contributed by atoms with E-state index in [0.29, 0.717) is 22.4 Å². The van der Waals surface area contributed by atoms with Gasteiger partial charge in [-0.3, -0.25) is 9.48 Å². The zero-order valence-corrected chi connectivity index (χ0v) is 16.6. The SMILES string of the molecule is CNC(=O)Nc1ccc(NC(=O)/C=C/c2c(C)nn(CC(C)C)c2Cl)cc1. The molecule has 0 aliphatic rings. The number of urea groups is 1. The van der Waals surface area contributed by atoms with Crippen molar-refractivity contribution in [2.75, 3.05) is 17.7 Å². The van der Waals surface area contributed by atoms with Gasteiger partial charge in [0.25, 0.3) is 0 Å². The summed E-state index contributed by atoms with van der Waals surface area (Å²) in [5, 5.41) is 12.8. The Bertz CT molecular complexity index is 841. The second kappa shape index (κ2) is 9.23. The number of aryl methyl sites for hydroxylation is 1. The van der Waals surface area contributed by atoms with Crippen molar-refractivity contribution in [1.82, 2.24) is 15.1 Å². The smallest absolute Gasteiger partial charge is 0.318 e. The Hall–Kier alpha value is -2.80. The summed E-state index contributed by atoms with van der Waals surface area (Å²) in [4.78, 5) is 23.4. The van der Waals surface area contributed by atoms with Gasteiger partial charge >= 0.3 is 6.03 Å². The normalized spacial score (nSPS) is 11.0. The maximum absolute atomic E-state index is 12.2. The average Bonchev–Trinajstić information content (AvgIpc) is 2.87. The number of hydrogen-bond acceptors (Lipinski definition) is 3. The standard InChI is InChI=1S/C19H24ClN5O2/c1-12(2)11-25-18(20)16(13(3)24-25)9-10-17(26)22-14-5-7-15(8-6-14)23-19(27)21-4/h5-10,12H,11H2,1-4H3,(H,22,26)(H2,21,23,27)/b10-9+. The minimum atomic E-state index is -0.306. The third kappa shape index (κ3) is 5.86. The summed E-state index contributed by atoms with van der Waals surface area (Å²) in [5.74, 6) is 0.136. The fourth-order valence-corrected chi connectivity index (χ4v) is 2.70. The zero-order chi connectivity index (χ0) is 20.0. The first-order chi connectivity index (χ1) is 12.8. The molecule has 0 atom stereocenters. The number of rotatable bonds is 6. The molecule has 1 aromatic carbocycles. The van der Waals surface area contributed by atoms with E-state index in [2.05, 4.69) is 34.9 Å². The monoisotopic (exact) mass is 389 g/mol. The number of carbonyl (C=O) groups is 2. The van der Waals surface area contributed by atoms with Crippen LogP contribution in [0.2, 0.25) is 5.15 Å². The lowest BCUT2D eigenvalue weighted by Crippen LogP contribution is -2.24. The molecule has 0 fully saturated rings. The van der Waals surface area contributed by atoms with Crippen LogP contribution in [0.3, 0.4) is 0 Å². The Balaban J connectivity index is 2.01. The highest BCUT2D eigenvalue weighted by atomic mass is 35.5. The Labute approximate surface area is 163 Å². The molecule has 2 rings (SSSR count). The van der Waals surface area contributed by atoms with Gasteiger partial charge in [0.05, 0.1) is 5.69 Å². The molecule has 0 radical (unpaired) electrons. The van der Waals surface area contributed by atoms with Gasteiger partial charge in [0.15, 0.2) is 0 Å². The maximum Gasteiger partial charge on any atom is 0.318 e. The summed E-state index contributed by atoms with van der Waals surface area (Å²) in [7, 11) is 1.54. The van der Waals surface area contributed by atoms with Crippen LogP contribution in [-0.4, -0.2) is 28.8 Å². The molecule has 1 aromatic heterocycles. The predicted molar refractivity (Wildman–Crippen MR) is 109 cm³/mol. The van der Waals surface area contributed by atoms with Crippen LogP contribution in [0.15, 0.2) is 30.3 Å². The molecular weight excluding hydrogens is 366 g/mol. The molecule has 0 aliphatic heterocycles. The molecule has 8 heteroatoms. The number of halogens is 1. The molecule has 0 spiro atoms. The van der Waals surface area contributed by atoms with Gasteiger partial charge in [-0.1, -0.05) is 25.4 Å². The Kier molecular flexibility index (Phi) is 7.01. The van der Waals surface area contributed by atoms with E-state index in [9.17, 15) is 9.59 Å². The van der Waals surface area contributed by atoms with E-state index in [-0.39, 0.29) is 11.9 Å². The molecule has 144 valence electrons. The first kappa shape index (κ1) is 20.5. The van der Waals surface area contributed by atoms with E-state index in [4.69, 9.17) is 11.6 Å². The molecule has 1 heterocycles. The summed E-state index contributed by atoms with van der Waals surface area (Å²) in [6.45, 7) is 6.76. The van der Waals surface area contributed by atoms with E-state index in [1.54, 1.807) is 35.0 Å². The van der Waals surface area contributed by atoms with Gasteiger partial charge in [0.1, 0.15) is 5.15 Å². The highest BCUT2D eigenvalue weighted by molar-refractivity contribution is 6.31. The molecule has 0 saturated carbocycles. The van der Waals surface area contributed by atoms with Crippen molar-refractivity contribution in [1.29, 1.82) is 0 Å². The van der Waals surface area contributed by atoms with Crippen molar-refractivity contribution in [3.05, 3.63) is 46.8 Å². The molecule has 3 N–H and O–H groups in total. The number of anilines is 2. The van der Waals surface area contributed by atoms with Crippen LogP contribution < -0.4 is 16.0 Å². The van der Waals surface area contributed by atoms with E-state index in [0.717, 1.165) is 17.8 Å². The minimum Gasteiger partial charge on any atom is -0.341 e. The fourth-order valence-electron chi connectivity index (χ4n) is 2.40. The van der Waals surface area contributed by atoms with Crippen molar-refractivity contribution in [2.24, 2.45) is 5.92 Å². The number of benzene rings is 1. The number of aromatic nitrogens is 2. The Morgan fingerprint density at radius 1 is 1.19 bits per heavy atom. The van der Waals surface area contributed by atoms with Crippen molar-refractivity contribution < 1.29 is 9.59 Å². The number of nitrogens with zero attached hydrogens (tertiary/aromatic N) is 2. The first-order valence-electron chi connectivity index (χ1n) is 8.61. The molecule has 0 saturated heterocycles. The van der Waals surface area contributed by atoms with E-state index < -0.39 is 0 Å². The largest absolute Gasteiger partial charge is 0.341 e. The average molecular weight is 390 g/mol. The van der Waals surface area contributed by atoms with Gasteiger partial charge in [0.2, 0.25) is 5.91 Å². The van der Waals surface area contributed by atoms with E-state index >= 15 is 0 Å². The Morgan fingerprint density at radius 3 is 2.33 bits per heavy atom. The van der Waals surface area contributed by atoms with Crippen molar-refractivity contribution >= 4 is 41.0 Å². The molecule has 3 amide bonds. The van der Waals surface area contributed by atoms with Crippen molar-refractivity contribution in [3.63, 3.8) is 0 Å². The maximum atomic E-state index is 12.2. The predicted octanol–water partition coefficient (Wildman–Crippen LogP) is 3.90. The van der Waals surface area contributed by atoms with Crippen LogP contribution in [0.1, 0.15) is 25.1 Å². The zero-order valence-electron chi connectivity index (χ0n) is 15.8. The van der Waals surface area contributed by atoms with Crippen LogP contribution in [0.5, 0.6) is 0 Å². The third-order valence-electron chi connectivity index (χ3n) is 3.69. The molecule has 27 heavy (non-hydrogen) atoms. The molecule has 7 nitrogen and oxygen atoms in total. The van der Waals surface area contributed by atoms with Crippen LogP contribution in [0.25, 0.3) is 6.08 Å². The van der Waals surface area contributed by atoms with Crippen molar-refractivity contribution in [3.8, 4) is 0 Å². The highest BCUT2D eigenvalue weighted by Crippen LogP contribution is 2.22. The van der Waals surface area contributed by atoms with Gasteiger partial charge in [0, 0.05) is 36.6 Å². The van der Waals surface area contributed by atoms with Gasteiger partial charge in [-0.2, -0.15) is 5.10 Å². The molecule has 0 unspecified atom stereocenters. The summed E-state index contributed by atoms with van der Waals surface area (Å²) >= 11 is 6.37. The number of carbonyl (C=O) groups excluding carboxylic acids is 2. The quantitative estimate of drug-likeness (QED) is 0.654. The lowest BCUT2D eigenvalue weighted by atomic mass is 10.2. The molecule has 0 bridgehead atoms. The second-order valence-corrected chi connectivity index (χ2v) is 6.83. The second-order valence-electron chi connectivity index (χ2n) is 6.47. The number of hydrogen-bond donors (Lipinski definition) is 3. The van der Waals surface area contributed by atoms with Crippen LogP contribution in [0.4, 0.5) is 16.2 Å². The van der Waals surface area contributed by atoms with Crippen molar-refractivity contribution in [2.45, 2.75) is 27.3 Å². The minimum absolute atomic E-state index is 0.283. The first-order valence-corrected chi connectivity index (χ1v) is 8.98. The fraction of sp³-hybridized carbons (Fsp3) is 0.316. The third-order valence-corrected chi connectivity index (χ3v) is 4.08. The van der Waals surface area contributed by atoms with E-state index in [1.165, 1.54) is 13.1 Å². The summed E-state index contributed by atoms with van der Waals surface area (Å²) < 4.78 is 1.75. The van der Waals surface area contributed by atoms with Crippen LogP contribution in [0, 0.1) is 12.8 Å². The van der Waals surface area contributed by atoms with Gasteiger partial charge < -0.3 is 16.0 Å². The van der Waals surface area contributed by atoms with Gasteiger partial charge in [-0.05, 0) is 43.2 Å². The van der Waals surface area contributed by atoms with Crippen LogP contribution in [-0.2, 0) is 11.3 Å². The lowest BCUT2D eigenvalue weighted by Gasteiger charge is -2.06. The summed E-state index contributed by atoms with van der Waals surface area (Å²) in [6.07, 6.45) is 3.09. The molecule has 2 aromatic rings. The van der Waals surface area contributed by atoms with Gasteiger partial charge in [-0.15, -0.1) is 0 Å². The number of amides is 3. The van der Waals surface area contributed by atoms with Gasteiger partial charge in [-0.25, -0.2) is 4.79 Å². The topological polar surface area (TPSA) is 88.1 Å².